The van der Waals surface area contributed by atoms with Crippen molar-refractivity contribution in [1.29, 1.82) is 0 Å². The van der Waals surface area contributed by atoms with Gasteiger partial charge in [0, 0.05) is 11.6 Å². The van der Waals surface area contributed by atoms with Crippen LogP contribution < -0.4 is 0 Å². The molecule has 0 unspecified atom stereocenters. The minimum atomic E-state index is -0.265. The van der Waals surface area contributed by atoms with Gasteiger partial charge in [-0.1, -0.05) is 30.3 Å². The molecule has 4 aromatic rings. The summed E-state index contributed by atoms with van der Waals surface area (Å²) in [4.78, 5) is 4.49. The number of hydrogen-bond acceptors (Lipinski definition) is 2. The fourth-order valence-electron chi connectivity index (χ4n) is 3.44. The monoisotopic (exact) mass is 375 g/mol. The Bertz CT molecular complexity index is 1140. The molecular weight excluding hydrogens is 356 g/mol. The third-order valence-corrected chi connectivity index (χ3v) is 4.91. The highest BCUT2D eigenvalue weighted by molar-refractivity contribution is 5.89. The maximum Gasteiger partial charge on any atom is 0.144 e. The Kier molecular flexibility index (Phi) is 4.78. The van der Waals surface area contributed by atoms with Gasteiger partial charge in [-0.25, -0.2) is 8.78 Å². The number of hydrogen-bond donors (Lipinski definition) is 1. The van der Waals surface area contributed by atoms with Gasteiger partial charge in [-0.3, -0.25) is 4.98 Å². The molecule has 0 amide bonds. The van der Waals surface area contributed by atoms with Crippen LogP contribution in [0.25, 0.3) is 10.9 Å². The minimum absolute atomic E-state index is 0.172. The van der Waals surface area contributed by atoms with E-state index in [1.807, 2.05) is 19.1 Å². The average molecular weight is 375 g/mol. The molecule has 0 fully saturated rings. The number of fused-ring (bicyclic) bond motifs is 1. The van der Waals surface area contributed by atoms with Gasteiger partial charge in [0.25, 0.3) is 0 Å². The molecule has 0 bridgehead atoms. The first-order chi connectivity index (χ1) is 13.5. The van der Waals surface area contributed by atoms with Crippen molar-refractivity contribution >= 4 is 10.9 Å². The Morgan fingerprint density at radius 1 is 0.786 bits per heavy atom. The summed E-state index contributed by atoms with van der Waals surface area (Å²) in [7, 11) is 0. The van der Waals surface area contributed by atoms with E-state index in [2.05, 4.69) is 4.98 Å². The zero-order chi connectivity index (χ0) is 19.7. The molecule has 3 aromatic carbocycles. The van der Waals surface area contributed by atoms with Gasteiger partial charge in [0.15, 0.2) is 0 Å². The third-order valence-electron chi connectivity index (χ3n) is 4.91. The van der Waals surface area contributed by atoms with Crippen LogP contribution in [0, 0.1) is 18.6 Å². The van der Waals surface area contributed by atoms with Crippen LogP contribution in [0.1, 0.15) is 27.8 Å². The number of nitrogens with zero attached hydrogens (tertiary/aromatic N) is 1. The summed E-state index contributed by atoms with van der Waals surface area (Å²) >= 11 is 0. The van der Waals surface area contributed by atoms with Gasteiger partial charge in [0.2, 0.25) is 0 Å². The number of benzene rings is 3. The molecule has 1 heterocycles. The summed E-state index contributed by atoms with van der Waals surface area (Å²) in [6, 6.07) is 16.8. The molecule has 0 radical (unpaired) electrons. The molecule has 0 spiro atoms. The van der Waals surface area contributed by atoms with Crippen molar-refractivity contribution in [3.63, 3.8) is 0 Å². The topological polar surface area (TPSA) is 33.1 Å². The van der Waals surface area contributed by atoms with E-state index in [0.29, 0.717) is 18.4 Å². The fraction of sp³-hybridized carbons (Fsp3) is 0.125. The highest BCUT2D eigenvalue weighted by Gasteiger charge is 2.12. The summed E-state index contributed by atoms with van der Waals surface area (Å²) in [6.45, 7) is 1.84. The fourth-order valence-corrected chi connectivity index (χ4v) is 3.44. The molecule has 28 heavy (non-hydrogen) atoms. The SMILES string of the molecule is Cc1cc(Cc2ccc(F)cc2)c2cc(Cc3ccc(F)cc3)cnc2c1O. The summed E-state index contributed by atoms with van der Waals surface area (Å²) in [6.07, 6.45) is 2.97. The molecule has 4 heteroatoms. The number of phenolic OH excluding ortho intramolecular Hbond substituents is 1. The molecule has 2 nitrogen and oxygen atoms in total. The summed E-state index contributed by atoms with van der Waals surface area (Å²) in [5.41, 5.74) is 5.27. The zero-order valence-corrected chi connectivity index (χ0v) is 15.4. The van der Waals surface area contributed by atoms with Gasteiger partial charge in [0.1, 0.15) is 22.9 Å². The normalized spacial score (nSPS) is 11.1. The van der Waals surface area contributed by atoms with Gasteiger partial charge in [-0.2, -0.15) is 0 Å². The number of aryl methyl sites for hydroxylation is 1. The van der Waals surface area contributed by atoms with Crippen molar-refractivity contribution in [2.45, 2.75) is 19.8 Å². The Labute approximate surface area is 162 Å². The first kappa shape index (κ1) is 18.1. The Hall–Kier alpha value is -3.27. The van der Waals surface area contributed by atoms with Crippen LogP contribution in [0.15, 0.2) is 66.9 Å². The van der Waals surface area contributed by atoms with E-state index in [-0.39, 0.29) is 17.4 Å². The van der Waals surface area contributed by atoms with Gasteiger partial charge >= 0.3 is 0 Å². The number of aromatic hydroxyl groups is 1. The van der Waals surface area contributed by atoms with E-state index >= 15 is 0 Å². The summed E-state index contributed by atoms with van der Waals surface area (Å²) in [5, 5.41) is 11.3. The molecule has 1 aromatic heterocycles. The average Bonchev–Trinajstić information content (AvgIpc) is 2.69. The van der Waals surface area contributed by atoms with Gasteiger partial charge in [-0.05, 0) is 77.9 Å². The quantitative estimate of drug-likeness (QED) is 0.496. The second-order valence-corrected chi connectivity index (χ2v) is 7.05. The molecule has 140 valence electrons. The number of aromatic nitrogens is 1. The summed E-state index contributed by atoms with van der Waals surface area (Å²) in [5.74, 6) is -0.354. The zero-order valence-electron chi connectivity index (χ0n) is 15.4. The van der Waals surface area contributed by atoms with Crippen molar-refractivity contribution < 1.29 is 13.9 Å². The molecule has 0 aliphatic carbocycles. The molecule has 0 saturated heterocycles. The van der Waals surface area contributed by atoms with E-state index in [0.717, 1.165) is 33.2 Å². The first-order valence-electron chi connectivity index (χ1n) is 9.08. The lowest BCUT2D eigenvalue weighted by atomic mass is 9.96. The largest absolute Gasteiger partial charge is 0.505 e. The predicted octanol–water partition coefficient (Wildman–Crippen LogP) is 5.71. The number of phenols is 1. The first-order valence-corrected chi connectivity index (χ1v) is 9.08. The lowest BCUT2D eigenvalue weighted by Gasteiger charge is -2.12. The Morgan fingerprint density at radius 2 is 1.36 bits per heavy atom. The minimum Gasteiger partial charge on any atom is -0.505 e. The number of rotatable bonds is 4. The van der Waals surface area contributed by atoms with E-state index in [1.165, 1.54) is 24.3 Å². The van der Waals surface area contributed by atoms with Crippen LogP contribution in [0.3, 0.4) is 0 Å². The van der Waals surface area contributed by atoms with Crippen LogP contribution >= 0.6 is 0 Å². The van der Waals surface area contributed by atoms with Gasteiger partial charge < -0.3 is 5.11 Å². The molecule has 0 aliphatic heterocycles. The number of halogens is 2. The molecule has 0 aliphatic rings. The maximum atomic E-state index is 13.2. The lowest BCUT2D eigenvalue weighted by Crippen LogP contribution is -1.97. The molecule has 0 saturated carbocycles. The second-order valence-electron chi connectivity index (χ2n) is 7.05. The standard InChI is InChI=1S/C24H19F2NO/c1-15-10-19(12-17-4-8-21(26)9-5-17)22-13-18(14-27-23(22)24(15)28)11-16-2-6-20(25)7-3-16/h2-10,13-14,28H,11-12H2,1H3. The van der Waals surface area contributed by atoms with Gasteiger partial charge in [0.05, 0.1) is 0 Å². The van der Waals surface area contributed by atoms with Crippen molar-refractivity contribution in [2.75, 3.05) is 0 Å². The van der Waals surface area contributed by atoms with E-state index in [9.17, 15) is 13.9 Å². The highest BCUT2D eigenvalue weighted by Crippen LogP contribution is 2.32. The Morgan fingerprint density at radius 3 is 1.96 bits per heavy atom. The molecular formula is C24H19F2NO. The van der Waals surface area contributed by atoms with Crippen molar-refractivity contribution in [1.82, 2.24) is 4.98 Å². The van der Waals surface area contributed by atoms with Crippen molar-refractivity contribution in [3.8, 4) is 5.75 Å². The highest BCUT2D eigenvalue weighted by atomic mass is 19.1. The Balaban J connectivity index is 1.75. The predicted molar refractivity (Wildman–Crippen MR) is 107 cm³/mol. The molecule has 4 rings (SSSR count). The van der Waals surface area contributed by atoms with E-state index < -0.39 is 0 Å². The van der Waals surface area contributed by atoms with Crippen molar-refractivity contribution in [2.24, 2.45) is 0 Å². The second kappa shape index (κ2) is 7.39. The van der Waals surface area contributed by atoms with Gasteiger partial charge in [-0.15, -0.1) is 0 Å². The van der Waals surface area contributed by atoms with E-state index in [1.54, 1.807) is 30.5 Å². The van der Waals surface area contributed by atoms with Crippen LogP contribution in [-0.4, -0.2) is 10.1 Å². The molecule has 1 N–H and O–H groups in total. The third kappa shape index (κ3) is 3.72. The van der Waals surface area contributed by atoms with Crippen LogP contribution in [-0.2, 0) is 12.8 Å². The summed E-state index contributed by atoms with van der Waals surface area (Å²) < 4.78 is 26.4. The number of pyridine rings is 1. The van der Waals surface area contributed by atoms with Crippen LogP contribution in [0.5, 0.6) is 5.75 Å². The van der Waals surface area contributed by atoms with Crippen LogP contribution in [0.2, 0.25) is 0 Å². The van der Waals surface area contributed by atoms with E-state index in [4.69, 9.17) is 0 Å². The van der Waals surface area contributed by atoms with Crippen molar-refractivity contribution in [3.05, 3.63) is 106 Å². The molecule has 0 atom stereocenters. The lowest BCUT2D eigenvalue weighted by molar-refractivity contribution is 0.476. The van der Waals surface area contributed by atoms with Crippen LogP contribution in [0.4, 0.5) is 8.78 Å². The maximum absolute atomic E-state index is 13.2. The smallest absolute Gasteiger partial charge is 0.144 e.